The first-order valence-electron chi connectivity index (χ1n) is 7.25. The molecule has 0 saturated heterocycles. The molecule has 1 N–H and O–H groups in total. The molecule has 1 aromatic heterocycles. The van der Waals surface area contributed by atoms with Crippen LogP contribution in [-0.2, 0) is 19.3 Å². The van der Waals surface area contributed by atoms with E-state index in [4.69, 9.17) is 0 Å². The quantitative estimate of drug-likeness (QED) is 0.839. The molecule has 3 heteroatoms. The highest BCUT2D eigenvalue weighted by Crippen LogP contribution is 2.23. The summed E-state index contributed by atoms with van der Waals surface area (Å²) in [6, 6.07) is 0.551. The third kappa shape index (κ3) is 3.29. The smallest absolute Gasteiger partial charge is 0.115 e. The first-order valence-corrected chi connectivity index (χ1v) is 7.25. The van der Waals surface area contributed by atoms with Gasteiger partial charge in [-0.15, -0.1) is 0 Å². The second-order valence-electron chi connectivity index (χ2n) is 5.69. The van der Waals surface area contributed by atoms with Gasteiger partial charge in [0.1, 0.15) is 6.33 Å². The standard InChI is InChI=1S/C15H25N3/c1-4-16-12(8-11(2)3)9-15-13-6-5-7-14(13)17-10-18-15/h10-12,16H,4-9H2,1-3H3. The largest absolute Gasteiger partial charge is 0.314 e. The van der Waals surface area contributed by atoms with Crippen LogP contribution in [-0.4, -0.2) is 22.6 Å². The number of aryl methyl sites for hydroxylation is 1. The van der Waals surface area contributed by atoms with Gasteiger partial charge < -0.3 is 5.32 Å². The summed E-state index contributed by atoms with van der Waals surface area (Å²) in [7, 11) is 0. The summed E-state index contributed by atoms with van der Waals surface area (Å²) in [5.74, 6) is 0.726. The first kappa shape index (κ1) is 13.5. The number of hydrogen-bond acceptors (Lipinski definition) is 3. The summed E-state index contributed by atoms with van der Waals surface area (Å²) in [6.45, 7) is 7.78. The molecule has 18 heavy (non-hydrogen) atoms. The summed E-state index contributed by atoms with van der Waals surface area (Å²) >= 11 is 0. The lowest BCUT2D eigenvalue weighted by Crippen LogP contribution is -2.33. The third-order valence-corrected chi connectivity index (χ3v) is 3.65. The number of aromatic nitrogens is 2. The van der Waals surface area contributed by atoms with Crippen molar-refractivity contribution in [2.24, 2.45) is 5.92 Å². The molecule has 0 aromatic carbocycles. The summed E-state index contributed by atoms with van der Waals surface area (Å²) in [5.41, 5.74) is 4.01. The Morgan fingerprint density at radius 1 is 1.28 bits per heavy atom. The van der Waals surface area contributed by atoms with Gasteiger partial charge in [0, 0.05) is 23.9 Å². The van der Waals surface area contributed by atoms with Crippen LogP contribution in [0.3, 0.4) is 0 Å². The number of rotatable bonds is 6. The van der Waals surface area contributed by atoms with Crippen LogP contribution in [0.25, 0.3) is 0 Å². The Morgan fingerprint density at radius 2 is 2.11 bits per heavy atom. The van der Waals surface area contributed by atoms with Crippen molar-refractivity contribution in [1.29, 1.82) is 0 Å². The summed E-state index contributed by atoms with van der Waals surface area (Å²) in [6.07, 6.45) is 7.57. The molecular weight excluding hydrogens is 222 g/mol. The first-order chi connectivity index (χ1) is 8.70. The second kappa shape index (κ2) is 6.28. The fourth-order valence-corrected chi connectivity index (χ4v) is 2.93. The van der Waals surface area contributed by atoms with Crippen LogP contribution in [0.5, 0.6) is 0 Å². The molecule has 0 amide bonds. The highest BCUT2D eigenvalue weighted by molar-refractivity contribution is 5.29. The third-order valence-electron chi connectivity index (χ3n) is 3.65. The molecule has 0 spiro atoms. The molecule has 1 unspecified atom stereocenters. The van der Waals surface area contributed by atoms with E-state index < -0.39 is 0 Å². The Kier molecular flexibility index (Phi) is 4.70. The summed E-state index contributed by atoms with van der Waals surface area (Å²) in [5, 5.41) is 3.59. The Labute approximate surface area is 110 Å². The molecule has 0 radical (unpaired) electrons. The van der Waals surface area contributed by atoms with Crippen LogP contribution >= 0.6 is 0 Å². The van der Waals surface area contributed by atoms with E-state index in [1.54, 1.807) is 6.33 Å². The predicted octanol–water partition coefficient (Wildman–Crippen LogP) is 2.53. The van der Waals surface area contributed by atoms with Crippen LogP contribution in [0.1, 0.15) is 50.6 Å². The average molecular weight is 247 g/mol. The van der Waals surface area contributed by atoms with E-state index in [0.29, 0.717) is 6.04 Å². The lowest BCUT2D eigenvalue weighted by Gasteiger charge is -2.20. The minimum atomic E-state index is 0.551. The van der Waals surface area contributed by atoms with E-state index in [1.165, 1.54) is 36.2 Å². The Bertz CT molecular complexity index is 387. The van der Waals surface area contributed by atoms with Gasteiger partial charge in [0.15, 0.2) is 0 Å². The van der Waals surface area contributed by atoms with Gasteiger partial charge in [0.2, 0.25) is 0 Å². The van der Waals surface area contributed by atoms with Gasteiger partial charge in [-0.3, -0.25) is 0 Å². The van der Waals surface area contributed by atoms with Crippen LogP contribution in [0.4, 0.5) is 0 Å². The highest BCUT2D eigenvalue weighted by atomic mass is 14.9. The Hall–Kier alpha value is -0.960. The number of likely N-dealkylation sites (N-methyl/N-ethyl adjacent to an activating group) is 1. The molecular formula is C15H25N3. The molecule has 1 aliphatic rings. The molecule has 1 aliphatic carbocycles. The molecule has 0 fully saturated rings. The zero-order chi connectivity index (χ0) is 13.0. The summed E-state index contributed by atoms with van der Waals surface area (Å²) < 4.78 is 0. The molecule has 1 heterocycles. The monoisotopic (exact) mass is 247 g/mol. The normalized spacial score (nSPS) is 16.0. The maximum Gasteiger partial charge on any atom is 0.115 e. The summed E-state index contributed by atoms with van der Waals surface area (Å²) in [4.78, 5) is 8.93. The minimum absolute atomic E-state index is 0.551. The van der Waals surface area contributed by atoms with Crippen molar-refractivity contribution < 1.29 is 0 Å². The zero-order valence-corrected chi connectivity index (χ0v) is 11.9. The number of nitrogens with zero attached hydrogens (tertiary/aromatic N) is 2. The van der Waals surface area contributed by atoms with E-state index in [-0.39, 0.29) is 0 Å². The van der Waals surface area contributed by atoms with Crippen molar-refractivity contribution in [3.8, 4) is 0 Å². The Balaban J connectivity index is 2.09. The SMILES string of the molecule is CCNC(Cc1ncnc2c1CCC2)CC(C)C. The van der Waals surface area contributed by atoms with Crippen LogP contribution in [0, 0.1) is 5.92 Å². The van der Waals surface area contributed by atoms with Gasteiger partial charge in [-0.2, -0.15) is 0 Å². The topological polar surface area (TPSA) is 37.8 Å². The Morgan fingerprint density at radius 3 is 2.83 bits per heavy atom. The fraction of sp³-hybridized carbons (Fsp3) is 0.733. The lowest BCUT2D eigenvalue weighted by molar-refractivity contribution is 0.420. The van der Waals surface area contributed by atoms with Crippen molar-refractivity contribution in [2.75, 3.05) is 6.54 Å². The van der Waals surface area contributed by atoms with Gasteiger partial charge in [-0.25, -0.2) is 9.97 Å². The van der Waals surface area contributed by atoms with E-state index in [0.717, 1.165) is 25.3 Å². The number of fused-ring (bicyclic) bond motifs is 1. The van der Waals surface area contributed by atoms with E-state index in [9.17, 15) is 0 Å². The van der Waals surface area contributed by atoms with E-state index in [1.807, 2.05) is 0 Å². The van der Waals surface area contributed by atoms with E-state index >= 15 is 0 Å². The maximum absolute atomic E-state index is 4.53. The van der Waals surface area contributed by atoms with Crippen molar-refractivity contribution in [3.63, 3.8) is 0 Å². The van der Waals surface area contributed by atoms with Crippen LogP contribution in [0.2, 0.25) is 0 Å². The number of hydrogen-bond donors (Lipinski definition) is 1. The fourth-order valence-electron chi connectivity index (χ4n) is 2.93. The van der Waals surface area contributed by atoms with Gasteiger partial charge in [-0.1, -0.05) is 20.8 Å². The van der Waals surface area contributed by atoms with Gasteiger partial charge in [0.05, 0.1) is 0 Å². The van der Waals surface area contributed by atoms with Crippen molar-refractivity contribution in [2.45, 2.75) is 58.9 Å². The molecule has 100 valence electrons. The molecule has 1 atom stereocenters. The van der Waals surface area contributed by atoms with Crippen LogP contribution in [0.15, 0.2) is 6.33 Å². The molecule has 2 rings (SSSR count). The predicted molar refractivity (Wildman–Crippen MR) is 74.7 cm³/mol. The molecule has 0 saturated carbocycles. The highest BCUT2D eigenvalue weighted by Gasteiger charge is 2.19. The zero-order valence-electron chi connectivity index (χ0n) is 11.9. The maximum atomic E-state index is 4.53. The molecule has 0 bridgehead atoms. The van der Waals surface area contributed by atoms with Crippen molar-refractivity contribution >= 4 is 0 Å². The van der Waals surface area contributed by atoms with Gasteiger partial charge >= 0.3 is 0 Å². The van der Waals surface area contributed by atoms with Crippen molar-refractivity contribution in [1.82, 2.24) is 15.3 Å². The van der Waals surface area contributed by atoms with Gasteiger partial charge in [-0.05, 0) is 43.7 Å². The second-order valence-corrected chi connectivity index (χ2v) is 5.69. The average Bonchev–Trinajstić information content (AvgIpc) is 2.77. The minimum Gasteiger partial charge on any atom is -0.314 e. The molecule has 0 aliphatic heterocycles. The van der Waals surface area contributed by atoms with E-state index in [2.05, 4.69) is 36.1 Å². The van der Waals surface area contributed by atoms with Crippen molar-refractivity contribution in [3.05, 3.63) is 23.3 Å². The van der Waals surface area contributed by atoms with Gasteiger partial charge in [0.25, 0.3) is 0 Å². The number of nitrogens with one attached hydrogen (secondary N) is 1. The molecule has 1 aromatic rings. The molecule has 3 nitrogen and oxygen atoms in total. The lowest BCUT2D eigenvalue weighted by atomic mass is 9.97. The van der Waals surface area contributed by atoms with Crippen LogP contribution < -0.4 is 5.32 Å².